The summed E-state index contributed by atoms with van der Waals surface area (Å²) in [7, 11) is -4.25. The topological polar surface area (TPSA) is 72.2 Å². The van der Waals surface area contributed by atoms with Gasteiger partial charge in [-0.2, -0.15) is 13.2 Å². The molecule has 0 atom stereocenters. The second kappa shape index (κ2) is 5.06. The summed E-state index contributed by atoms with van der Waals surface area (Å²) >= 11 is 3.04. The van der Waals surface area contributed by atoms with Crippen LogP contribution in [0.25, 0.3) is 0 Å². The number of nitrogen functional groups attached to an aromatic ring is 1. The number of hydrogen-bond donors (Lipinski definition) is 2. The minimum atomic E-state index is -4.61. The lowest BCUT2D eigenvalue weighted by atomic mass is 10.2. The molecule has 0 spiro atoms. The molecule has 0 saturated carbocycles. The molecule has 0 aliphatic carbocycles. The predicted octanol–water partition coefficient (Wildman–Crippen LogP) is 2.18. The van der Waals surface area contributed by atoms with Gasteiger partial charge in [-0.05, 0) is 24.6 Å². The maximum Gasteiger partial charge on any atom is 0.402 e. The van der Waals surface area contributed by atoms with Gasteiger partial charge in [0.05, 0.1) is 4.90 Å². The number of benzene rings is 1. The van der Waals surface area contributed by atoms with E-state index in [4.69, 9.17) is 5.73 Å². The standard InChI is InChI=1S/C9H10BrF3N2O2S/c1-5-7(14)2-6(10)3-8(5)18(16,17)15-4-9(11,12)13/h2-3,15H,4,14H2,1H3. The third kappa shape index (κ3) is 3.85. The number of rotatable bonds is 3. The van der Waals surface area contributed by atoms with E-state index in [0.717, 1.165) is 0 Å². The average molecular weight is 347 g/mol. The monoisotopic (exact) mass is 346 g/mol. The van der Waals surface area contributed by atoms with Gasteiger partial charge in [0.1, 0.15) is 6.54 Å². The number of alkyl halides is 3. The molecule has 1 rings (SSSR count). The van der Waals surface area contributed by atoms with E-state index in [1.807, 2.05) is 0 Å². The summed E-state index contributed by atoms with van der Waals surface area (Å²) in [4.78, 5) is -0.279. The van der Waals surface area contributed by atoms with Crippen LogP contribution in [0.3, 0.4) is 0 Å². The van der Waals surface area contributed by atoms with Gasteiger partial charge in [-0.15, -0.1) is 0 Å². The van der Waals surface area contributed by atoms with Crippen LogP contribution in [0.15, 0.2) is 21.5 Å². The quantitative estimate of drug-likeness (QED) is 0.824. The van der Waals surface area contributed by atoms with Crippen molar-refractivity contribution in [1.82, 2.24) is 4.72 Å². The largest absolute Gasteiger partial charge is 0.402 e. The minimum absolute atomic E-state index is 0.178. The van der Waals surface area contributed by atoms with Crippen LogP contribution in [0.1, 0.15) is 5.56 Å². The maximum atomic E-state index is 12.0. The van der Waals surface area contributed by atoms with Crippen LogP contribution in [0.4, 0.5) is 18.9 Å². The Hall–Kier alpha value is -0.800. The first-order chi connectivity index (χ1) is 8.03. The third-order valence-corrected chi connectivity index (χ3v) is 4.10. The molecule has 0 aliphatic heterocycles. The Morgan fingerprint density at radius 1 is 1.39 bits per heavy atom. The molecule has 0 fully saturated rings. The molecular formula is C9H10BrF3N2O2S. The first-order valence-corrected chi connectivity index (χ1v) is 6.92. The van der Waals surface area contributed by atoms with Crippen molar-refractivity contribution >= 4 is 31.6 Å². The Kier molecular flexibility index (Phi) is 4.29. The number of halogens is 4. The fourth-order valence-corrected chi connectivity index (χ4v) is 3.15. The van der Waals surface area contributed by atoms with Gasteiger partial charge in [0.25, 0.3) is 0 Å². The molecule has 0 aliphatic rings. The van der Waals surface area contributed by atoms with Crippen molar-refractivity contribution in [2.45, 2.75) is 18.0 Å². The van der Waals surface area contributed by atoms with Crippen molar-refractivity contribution in [3.05, 3.63) is 22.2 Å². The van der Waals surface area contributed by atoms with E-state index in [2.05, 4.69) is 15.9 Å². The van der Waals surface area contributed by atoms with Gasteiger partial charge in [-0.25, -0.2) is 13.1 Å². The maximum absolute atomic E-state index is 12.0. The zero-order chi connectivity index (χ0) is 14.1. The molecule has 0 amide bonds. The van der Waals surface area contributed by atoms with Crippen molar-refractivity contribution in [1.29, 1.82) is 0 Å². The fourth-order valence-electron chi connectivity index (χ4n) is 1.21. The summed E-state index contributed by atoms with van der Waals surface area (Å²) < 4.78 is 61.3. The summed E-state index contributed by atoms with van der Waals surface area (Å²) in [5.41, 5.74) is 5.93. The van der Waals surface area contributed by atoms with Crippen LogP contribution in [0.2, 0.25) is 0 Å². The van der Waals surface area contributed by atoms with E-state index in [1.165, 1.54) is 23.8 Å². The van der Waals surface area contributed by atoms with Crippen molar-refractivity contribution in [2.75, 3.05) is 12.3 Å². The van der Waals surface area contributed by atoms with Gasteiger partial charge < -0.3 is 5.73 Å². The predicted molar refractivity (Wildman–Crippen MR) is 64.5 cm³/mol. The van der Waals surface area contributed by atoms with E-state index in [9.17, 15) is 21.6 Å². The number of hydrogen-bond acceptors (Lipinski definition) is 3. The van der Waals surface area contributed by atoms with Crippen LogP contribution in [-0.4, -0.2) is 21.1 Å². The SMILES string of the molecule is Cc1c(N)cc(Br)cc1S(=O)(=O)NCC(F)(F)F. The Morgan fingerprint density at radius 3 is 2.44 bits per heavy atom. The van der Waals surface area contributed by atoms with Crippen LogP contribution in [0.5, 0.6) is 0 Å². The zero-order valence-electron chi connectivity index (χ0n) is 9.18. The van der Waals surface area contributed by atoms with E-state index in [1.54, 1.807) is 0 Å². The highest BCUT2D eigenvalue weighted by atomic mass is 79.9. The molecule has 102 valence electrons. The van der Waals surface area contributed by atoms with Gasteiger partial charge in [0, 0.05) is 10.2 Å². The fraction of sp³-hybridized carbons (Fsp3) is 0.333. The van der Waals surface area contributed by atoms with Crippen LogP contribution in [-0.2, 0) is 10.0 Å². The summed E-state index contributed by atoms with van der Waals surface area (Å²) in [6.45, 7) is -0.203. The van der Waals surface area contributed by atoms with Crippen LogP contribution >= 0.6 is 15.9 Å². The lowest BCUT2D eigenvalue weighted by Crippen LogP contribution is -2.34. The molecule has 4 nitrogen and oxygen atoms in total. The van der Waals surface area contributed by atoms with Crippen molar-refractivity contribution in [3.63, 3.8) is 0 Å². The highest BCUT2D eigenvalue weighted by Crippen LogP contribution is 2.26. The van der Waals surface area contributed by atoms with Crippen molar-refractivity contribution in [3.8, 4) is 0 Å². The molecule has 0 unspecified atom stereocenters. The number of nitrogens with one attached hydrogen (secondary N) is 1. The van der Waals surface area contributed by atoms with Gasteiger partial charge in [0.15, 0.2) is 0 Å². The summed E-state index contributed by atoms with van der Waals surface area (Å²) in [5.74, 6) is 0. The van der Waals surface area contributed by atoms with E-state index in [-0.39, 0.29) is 16.1 Å². The second-order valence-electron chi connectivity index (χ2n) is 3.56. The van der Waals surface area contributed by atoms with Crippen molar-refractivity contribution < 1.29 is 21.6 Å². The molecule has 1 aromatic carbocycles. The van der Waals surface area contributed by atoms with Gasteiger partial charge >= 0.3 is 6.18 Å². The molecule has 0 heterocycles. The Labute approximate surface area is 111 Å². The van der Waals surface area contributed by atoms with E-state index < -0.39 is 22.7 Å². The lowest BCUT2D eigenvalue weighted by molar-refractivity contribution is -0.121. The molecule has 0 bridgehead atoms. The molecular weight excluding hydrogens is 337 g/mol. The summed E-state index contributed by atoms with van der Waals surface area (Å²) in [6.07, 6.45) is -4.61. The number of nitrogens with two attached hydrogens (primary N) is 1. The van der Waals surface area contributed by atoms with E-state index in [0.29, 0.717) is 4.47 Å². The molecule has 0 aromatic heterocycles. The highest BCUT2D eigenvalue weighted by molar-refractivity contribution is 9.10. The molecule has 3 N–H and O–H groups in total. The first-order valence-electron chi connectivity index (χ1n) is 4.65. The smallest absolute Gasteiger partial charge is 0.398 e. The summed E-state index contributed by atoms with van der Waals surface area (Å²) in [6, 6.07) is 2.67. The average Bonchev–Trinajstić information content (AvgIpc) is 2.19. The second-order valence-corrected chi connectivity index (χ2v) is 6.21. The van der Waals surface area contributed by atoms with Gasteiger partial charge in [0.2, 0.25) is 10.0 Å². The molecule has 0 saturated heterocycles. The van der Waals surface area contributed by atoms with Crippen LogP contribution < -0.4 is 10.5 Å². The highest BCUT2D eigenvalue weighted by Gasteiger charge is 2.30. The third-order valence-electron chi connectivity index (χ3n) is 2.12. The zero-order valence-corrected chi connectivity index (χ0v) is 11.6. The normalized spacial score (nSPS) is 12.7. The molecule has 18 heavy (non-hydrogen) atoms. The molecule has 9 heteroatoms. The van der Waals surface area contributed by atoms with Gasteiger partial charge in [-0.3, -0.25) is 0 Å². The Bertz CT molecular complexity index is 558. The number of sulfonamides is 1. The number of anilines is 1. The first kappa shape index (κ1) is 15.3. The Balaban J connectivity index is 3.13. The van der Waals surface area contributed by atoms with Gasteiger partial charge in [-0.1, -0.05) is 15.9 Å². The summed E-state index contributed by atoms with van der Waals surface area (Å²) in [5, 5.41) is 0. The lowest BCUT2D eigenvalue weighted by Gasteiger charge is -2.12. The minimum Gasteiger partial charge on any atom is -0.398 e. The molecule has 0 radical (unpaired) electrons. The molecule has 1 aromatic rings. The Morgan fingerprint density at radius 2 is 1.94 bits per heavy atom. The van der Waals surface area contributed by atoms with E-state index >= 15 is 0 Å². The van der Waals surface area contributed by atoms with Crippen LogP contribution in [0, 0.1) is 6.92 Å². The van der Waals surface area contributed by atoms with Crippen molar-refractivity contribution in [2.24, 2.45) is 0 Å².